The zero-order valence-corrected chi connectivity index (χ0v) is 8.27. The fraction of sp³-hybridized carbons (Fsp3) is 0.0909. The molecule has 0 amide bonds. The molecule has 2 aromatic rings. The molecular formula is C11H11FN2O. The van der Waals surface area contributed by atoms with Gasteiger partial charge in [0.05, 0.1) is 5.69 Å². The normalized spacial score (nSPS) is 10.3. The van der Waals surface area contributed by atoms with Crippen LogP contribution in [0.15, 0.2) is 36.7 Å². The van der Waals surface area contributed by atoms with Gasteiger partial charge < -0.3 is 15.0 Å². The van der Waals surface area contributed by atoms with Gasteiger partial charge in [-0.2, -0.15) is 0 Å². The molecule has 2 N–H and O–H groups in total. The Morgan fingerprint density at radius 3 is 2.67 bits per heavy atom. The van der Waals surface area contributed by atoms with Crippen molar-refractivity contribution < 1.29 is 9.13 Å². The fourth-order valence-electron chi connectivity index (χ4n) is 1.25. The van der Waals surface area contributed by atoms with Gasteiger partial charge in [-0.05, 0) is 18.2 Å². The summed E-state index contributed by atoms with van der Waals surface area (Å²) in [4.78, 5) is 0. The SMILES string of the molecule is Cn1ccc(Oc2ccc(N)c(F)c2)c1. The predicted molar refractivity (Wildman–Crippen MR) is 56.3 cm³/mol. The molecular weight excluding hydrogens is 195 g/mol. The molecule has 0 saturated heterocycles. The lowest BCUT2D eigenvalue weighted by Gasteiger charge is -2.04. The summed E-state index contributed by atoms with van der Waals surface area (Å²) >= 11 is 0. The molecule has 0 spiro atoms. The van der Waals surface area contributed by atoms with E-state index in [0.29, 0.717) is 11.5 Å². The van der Waals surface area contributed by atoms with Gasteiger partial charge in [0.2, 0.25) is 0 Å². The van der Waals surface area contributed by atoms with Gasteiger partial charge in [0.1, 0.15) is 17.3 Å². The number of nitrogens with two attached hydrogens (primary N) is 1. The standard InChI is InChI=1S/C11H11FN2O/c1-14-5-4-9(7-14)15-8-2-3-11(13)10(12)6-8/h2-7H,13H2,1H3. The Labute approximate surface area is 86.9 Å². The maximum absolute atomic E-state index is 13.1. The molecule has 0 aliphatic heterocycles. The maximum atomic E-state index is 13.1. The van der Waals surface area contributed by atoms with E-state index in [1.807, 2.05) is 17.8 Å². The summed E-state index contributed by atoms with van der Waals surface area (Å²) in [6.45, 7) is 0. The summed E-state index contributed by atoms with van der Waals surface area (Å²) in [7, 11) is 1.89. The predicted octanol–water partition coefficient (Wildman–Crippen LogP) is 2.54. The molecule has 1 heterocycles. The summed E-state index contributed by atoms with van der Waals surface area (Å²) in [5.74, 6) is 0.637. The van der Waals surface area contributed by atoms with Crippen LogP contribution < -0.4 is 10.5 Å². The Hall–Kier alpha value is -1.97. The van der Waals surface area contributed by atoms with E-state index in [4.69, 9.17) is 10.5 Å². The highest BCUT2D eigenvalue weighted by atomic mass is 19.1. The van der Waals surface area contributed by atoms with Crippen molar-refractivity contribution in [1.29, 1.82) is 0 Å². The van der Waals surface area contributed by atoms with Gasteiger partial charge in [-0.25, -0.2) is 4.39 Å². The average molecular weight is 206 g/mol. The highest BCUT2D eigenvalue weighted by Crippen LogP contribution is 2.24. The molecule has 0 unspecified atom stereocenters. The molecule has 3 nitrogen and oxygen atoms in total. The van der Waals surface area contributed by atoms with Crippen LogP contribution in [0, 0.1) is 5.82 Å². The lowest BCUT2D eigenvalue weighted by molar-refractivity contribution is 0.476. The first-order valence-corrected chi connectivity index (χ1v) is 4.50. The van der Waals surface area contributed by atoms with E-state index in [9.17, 15) is 4.39 Å². The van der Waals surface area contributed by atoms with E-state index in [2.05, 4.69) is 0 Å². The third-order valence-electron chi connectivity index (χ3n) is 2.01. The first-order valence-electron chi connectivity index (χ1n) is 4.50. The number of benzene rings is 1. The van der Waals surface area contributed by atoms with Crippen LogP contribution in [0.25, 0.3) is 0 Å². The molecule has 1 aromatic carbocycles. The number of aryl methyl sites for hydroxylation is 1. The molecule has 0 atom stereocenters. The van der Waals surface area contributed by atoms with Gasteiger partial charge in [0, 0.05) is 25.5 Å². The quantitative estimate of drug-likeness (QED) is 0.767. The number of nitrogen functional groups attached to an aromatic ring is 1. The van der Waals surface area contributed by atoms with E-state index < -0.39 is 5.82 Å². The lowest BCUT2D eigenvalue weighted by Crippen LogP contribution is -1.91. The summed E-state index contributed by atoms with van der Waals surface area (Å²) in [6, 6.07) is 6.18. The number of hydrogen-bond acceptors (Lipinski definition) is 2. The number of aromatic nitrogens is 1. The molecule has 0 saturated carbocycles. The third kappa shape index (κ3) is 2.10. The lowest BCUT2D eigenvalue weighted by atomic mass is 10.3. The second kappa shape index (κ2) is 3.65. The van der Waals surface area contributed by atoms with E-state index in [1.54, 1.807) is 18.3 Å². The van der Waals surface area contributed by atoms with Crippen molar-refractivity contribution in [2.24, 2.45) is 7.05 Å². The monoisotopic (exact) mass is 206 g/mol. The highest BCUT2D eigenvalue weighted by molar-refractivity contribution is 5.44. The topological polar surface area (TPSA) is 40.2 Å². The first kappa shape index (κ1) is 9.58. The van der Waals surface area contributed by atoms with Crippen molar-refractivity contribution in [3.05, 3.63) is 42.5 Å². The van der Waals surface area contributed by atoms with Crippen LogP contribution in [0.4, 0.5) is 10.1 Å². The zero-order valence-electron chi connectivity index (χ0n) is 8.27. The van der Waals surface area contributed by atoms with Crippen LogP contribution >= 0.6 is 0 Å². The third-order valence-corrected chi connectivity index (χ3v) is 2.01. The zero-order chi connectivity index (χ0) is 10.8. The van der Waals surface area contributed by atoms with Crippen molar-refractivity contribution in [3.8, 4) is 11.5 Å². The summed E-state index contributed by atoms with van der Waals surface area (Å²) in [5.41, 5.74) is 5.47. The molecule has 0 aliphatic rings. The maximum Gasteiger partial charge on any atom is 0.149 e. The van der Waals surface area contributed by atoms with E-state index in [-0.39, 0.29) is 5.69 Å². The van der Waals surface area contributed by atoms with Gasteiger partial charge in [-0.1, -0.05) is 0 Å². The summed E-state index contributed by atoms with van der Waals surface area (Å²) in [6.07, 6.45) is 3.65. The van der Waals surface area contributed by atoms with Crippen molar-refractivity contribution in [2.75, 3.05) is 5.73 Å². The van der Waals surface area contributed by atoms with Crippen LogP contribution in [-0.4, -0.2) is 4.57 Å². The Morgan fingerprint density at radius 2 is 2.07 bits per heavy atom. The second-order valence-corrected chi connectivity index (χ2v) is 3.30. The first-order chi connectivity index (χ1) is 7.15. The van der Waals surface area contributed by atoms with Gasteiger partial charge in [0.15, 0.2) is 0 Å². The Morgan fingerprint density at radius 1 is 1.27 bits per heavy atom. The summed E-state index contributed by atoms with van der Waals surface area (Å²) in [5, 5.41) is 0. The number of halogens is 1. The summed E-state index contributed by atoms with van der Waals surface area (Å²) < 4.78 is 20.3. The van der Waals surface area contributed by atoms with Gasteiger partial charge in [0.25, 0.3) is 0 Å². The van der Waals surface area contributed by atoms with Crippen LogP contribution in [-0.2, 0) is 7.05 Å². The van der Waals surface area contributed by atoms with E-state index in [1.165, 1.54) is 12.1 Å². The van der Waals surface area contributed by atoms with Gasteiger partial charge in [-0.15, -0.1) is 0 Å². The number of anilines is 1. The number of rotatable bonds is 2. The molecule has 0 fully saturated rings. The van der Waals surface area contributed by atoms with E-state index in [0.717, 1.165) is 0 Å². The minimum Gasteiger partial charge on any atom is -0.456 e. The molecule has 78 valence electrons. The highest BCUT2D eigenvalue weighted by Gasteiger charge is 2.02. The van der Waals surface area contributed by atoms with Crippen LogP contribution in [0.5, 0.6) is 11.5 Å². The molecule has 0 aliphatic carbocycles. The van der Waals surface area contributed by atoms with Gasteiger partial charge >= 0.3 is 0 Å². The number of ether oxygens (including phenoxy) is 1. The molecule has 0 bridgehead atoms. The van der Waals surface area contributed by atoms with Crippen molar-refractivity contribution >= 4 is 5.69 Å². The smallest absolute Gasteiger partial charge is 0.149 e. The molecule has 2 rings (SSSR count). The second-order valence-electron chi connectivity index (χ2n) is 3.30. The Bertz CT molecular complexity index is 479. The van der Waals surface area contributed by atoms with E-state index >= 15 is 0 Å². The van der Waals surface area contributed by atoms with Crippen LogP contribution in [0.1, 0.15) is 0 Å². The minimum absolute atomic E-state index is 0.121. The number of nitrogens with zero attached hydrogens (tertiary/aromatic N) is 1. The van der Waals surface area contributed by atoms with Crippen LogP contribution in [0.3, 0.4) is 0 Å². The largest absolute Gasteiger partial charge is 0.456 e. The fourth-order valence-corrected chi connectivity index (χ4v) is 1.25. The Kier molecular flexibility index (Phi) is 2.33. The van der Waals surface area contributed by atoms with Crippen molar-refractivity contribution in [1.82, 2.24) is 4.57 Å². The number of hydrogen-bond donors (Lipinski definition) is 1. The van der Waals surface area contributed by atoms with Crippen molar-refractivity contribution in [2.45, 2.75) is 0 Å². The Balaban J connectivity index is 2.21. The average Bonchev–Trinajstić information content (AvgIpc) is 2.58. The van der Waals surface area contributed by atoms with Gasteiger partial charge in [-0.3, -0.25) is 0 Å². The van der Waals surface area contributed by atoms with Crippen molar-refractivity contribution in [3.63, 3.8) is 0 Å². The van der Waals surface area contributed by atoms with Crippen LogP contribution in [0.2, 0.25) is 0 Å². The molecule has 15 heavy (non-hydrogen) atoms. The molecule has 1 aromatic heterocycles. The molecule has 4 heteroatoms. The molecule has 0 radical (unpaired) electrons. The minimum atomic E-state index is -0.469.